The number of phosphoric acid groups is 2. The first-order valence-corrected chi connectivity index (χ1v) is 16.7. The van der Waals surface area contributed by atoms with E-state index in [9.17, 15) is 28.8 Å². The first-order chi connectivity index (χ1) is 21.3. The molecule has 18 nitrogen and oxygen atoms in total. The first kappa shape index (κ1) is 31.3. The number of rotatable bonds is 2. The molecule has 0 aliphatic carbocycles. The molecule has 6 heterocycles. The van der Waals surface area contributed by atoms with Crippen LogP contribution in [0.15, 0.2) is 35.9 Å². The molecule has 6 unspecified atom stereocenters. The minimum absolute atomic E-state index is 0.0787. The fraction of sp³-hybridized carbons (Fsp3) is 0.455. The Morgan fingerprint density at radius 2 is 1.56 bits per heavy atom. The van der Waals surface area contributed by atoms with E-state index in [0.717, 1.165) is 17.2 Å². The molecule has 242 valence electrons. The number of halogens is 3. The van der Waals surface area contributed by atoms with Crippen LogP contribution in [-0.4, -0.2) is 93.9 Å². The lowest BCUT2D eigenvalue weighted by Crippen LogP contribution is -2.35. The molecule has 4 N–H and O–H groups in total. The number of aromatic nitrogens is 6. The van der Waals surface area contributed by atoms with Crippen LogP contribution in [0.2, 0.25) is 10.0 Å². The number of aliphatic hydroxyl groups is 1. The van der Waals surface area contributed by atoms with E-state index in [-0.39, 0.29) is 21.2 Å². The van der Waals surface area contributed by atoms with Crippen molar-refractivity contribution in [2.45, 2.75) is 49.1 Å². The highest BCUT2D eigenvalue weighted by molar-refractivity contribution is 7.47. The highest BCUT2D eigenvalue weighted by Crippen LogP contribution is 2.54. The highest BCUT2D eigenvalue weighted by atomic mass is 35.5. The van der Waals surface area contributed by atoms with E-state index in [0.29, 0.717) is 11.0 Å². The van der Waals surface area contributed by atoms with Gasteiger partial charge in [-0.1, -0.05) is 23.2 Å². The Kier molecular flexibility index (Phi) is 7.93. The number of hydrogen-bond acceptors (Lipinski definition) is 13. The van der Waals surface area contributed by atoms with Gasteiger partial charge in [-0.3, -0.25) is 27.5 Å². The second kappa shape index (κ2) is 11.4. The summed E-state index contributed by atoms with van der Waals surface area (Å²) in [6.07, 6.45) is -10.1. The van der Waals surface area contributed by atoms with Crippen LogP contribution in [0.1, 0.15) is 12.5 Å². The van der Waals surface area contributed by atoms with Gasteiger partial charge in [0.2, 0.25) is 0 Å². The fourth-order valence-electron chi connectivity index (χ4n) is 5.35. The second-order valence-electron chi connectivity index (χ2n) is 10.2. The van der Waals surface area contributed by atoms with E-state index in [4.69, 9.17) is 50.8 Å². The van der Waals surface area contributed by atoms with Gasteiger partial charge in [-0.2, -0.15) is 0 Å². The van der Waals surface area contributed by atoms with Gasteiger partial charge in [0.05, 0.1) is 53.3 Å². The summed E-state index contributed by atoms with van der Waals surface area (Å²) >= 11 is 12.2. The monoisotopic (exact) mass is 712 g/mol. The SMILES string of the molecule is O=c1[nH]cnc2c1ncn2[C@@H]1O[C@@H]2COP(=O)(O)OC3C(O)[C@@H](COP(=O)(O)OC2C1F)O[C@H]3n1cnc2cc(Cl)c(Cl)cc21. The third kappa shape index (κ3) is 5.65. The molecule has 1 aromatic carbocycles. The summed E-state index contributed by atoms with van der Waals surface area (Å²) in [6.45, 7) is -1.71. The molecular weight excluding hydrogens is 692 g/mol. The van der Waals surface area contributed by atoms with Gasteiger partial charge in [-0.15, -0.1) is 0 Å². The minimum atomic E-state index is -5.13. The summed E-state index contributed by atoms with van der Waals surface area (Å²) in [4.78, 5) is 47.7. The Morgan fingerprint density at radius 1 is 0.911 bits per heavy atom. The smallest absolute Gasteiger partial charge is 0.387 e. The van der Waals surface area contributed by atoms with Crippen molar-refractivity contribution in [3.8, 4) is 0 Å². The maximum absolute atomic E-state index is 15.9. The Hall–Kier alpha value is -2.35. The lowest BCUT2D eigenvalue weighted by molar-refractivity contribution is -0.0669. The van der Waals surface area contributed by atoms with Crippen molar-refractivity contribution in [1.29, 1.82) is 0 Å². The van der Waals surface area contributed by atoms with Gasteiger partial charge in [0.25, 0.3) is 5.56 Å². The predicted octanol–water partition coefficient (Wildman–Crippen LogP) is 1.99. The van der Waals surface area contributed by atoms with Crippen LogP contribution in [0.25, 0.3) is 22.2 Å². The zero-order valence-electron chi connectivity index (χ0n) is 22.2. The third-order valence-electron chi connectivity index (χ3n) is 7.42. The minimum Gasteiger partial charge on any atom is -0.387 e. The van der Waals surface area contributed by atoms with Gasteiger partial charge in [0.15, 0.2) is 29.8 Å². The molecule has 2 bridgehead atoms. The number of hydrogen-bond donors (Lipinski definition) is 4. The van der Waals surface area contributed by atoms with E-state index in [1.54, 1.807) is 0 Å². The van der Waals surface area contributed by atoms with Crippen LogP contribution in [0.4, 0.5) is 4.39 Å². The van der Waals surface area contributed by atoms with Crippen LogP contribution < -0.4 is 5.56 Å². The molecule has 0 radical (unpaired) electrons. The van der Waals surface area contributed by atoms with Gasteiger partial charge in [-0.05, 0) is 12.1 Å². The van der Waals surface area contributed by atoms with Crippen LogP contribution in [-0.2, 0) is 36.7 Å². The number of imidazole rings is 2. The molecule has 3 aromatic heterocycles. The summed E-state index contributed by atoms with van der Waals surface area (Å²) in [5.41, 5.74) is -0.138. The number of H-pyrrole nitrogens is 1. The van der Waals surface area contributed by atoms with Crippen molar-refractivity contribution < 1.29 is 56.0 Å². The summed E-state index contributed by atoms with van der Waals surface area (Å²) < 4.78 is 76.6. The van der Waals surface area contributed by atoms with Gasteiger partial charge < -0.3 is 33.9 Å². The number of benzene rings is 1. The summed E-state index contributed by atoms with van der Waals surface area (Å²) in [6, 6.07) is 2.91. The molecule has 0 amide bonds. The van der Waals surface area contributed by atoms with E-state index < -0.39 is 83.6 Å². The van der Waals surface area contributed by atoms with Crippen LogP contribution in [0, 0.1) is 0 Å². The predicted molar refractivity (Wildman–Crippen MR) is 148 cm³/mol. The van der Waals surface area contributed by atoms with Crippen molar-refractivity contribution in [3.05, 3.63) is 51.5 Å². The molecule has 0 spiro atoms. The van der Waals surface area contributed by atoms with Crippen molar-refractivity contribution in [2.75, 3.05) is 13.2 Å². The van der Waals surface area contributed by atoms with Gasteiger partial charge in [0.1, 0.15) is 30.5 Å². The second-order valence-corrected chi connectivity index (χ2v) is 13.8. The summed E-state index contributed by atoms with van der Waals surface area (Å²) in [7, 11) is -10.2. The molecule has 23 heteroatoms. The zero-order valence-corrected chi connectivity index (χ0v) is 25.5. The molecule has 0 saturated carbocycles. The first-order valence-electron chi connectivity index (χ1n) is 13.0. The Bertz CT molecular complexity index is 1950. The summed E-state index contributed by atoms with van der Waals surface area (Å²) in [5, 5.41) is 11.4. The van der Waals surface area contributed by atoms with E-state index in [2.05, 4.69) is 19.9 Å². The van der Waals surface area contributed by atoms with Crippen molar-refractivity contribution in [1.82, 2.24) is 29.1 Å². The fourth-order valence-corrected chi connectivity index (χ4v) is 7.55. The highest BCUT2D eigenvalue weighted by Gasteiger charge is 2.54. The average Bonchev–Trinajstić information content (AvgIpc) is 3.73. The number of nitrogens with one attached hydrogen (secondary N) is 1. The molecule has 4 aromatic rings. The van der Waals surface area contributed by atoms with Crippen molar-refractivity contribution >= 4 is 61.0 Å². The summed E-state index contributed by atoms with van der Waals surface area (Å²) in [5.74, 6) is 0. The molecule has 7 rings (SSSR count). The lowest BCUT2D eigenvalue weighted by Gasteiger charge is -2.25. The number of ether oxygens (including phenoxy) is 2. The Labute approximate surface area is 259 Å². The number of fused-ring (bicyclic) bond motifs is 5. The molecule has 3 saturated heterocycles. The standard InChI is InChI=1S/C22H21Cl2FN6O12P2/c23-8-1-10-11(2-9(8)24)30(6-28-10)22-18-16(32)12(40-22)3-38-44(34,35)42-17-13(4-39-45(36,37)43-18)41-21(14(17)25)31-7-29-15-19(31)26-5-27-20(15)33/h1-2,5-7,12-14,16-18,21-22,32H,3-4H2,(H,34,35)(H,36,37)(H,26,27,33)/t12-,13-,14?,16?,17?,18?,21-,22-/m1/s1. The van der Waals surface area contributed by atoms with E-state index in [1.807, 2.05) is 0 Å². The van der Waals surface area contributed by atoms with Gasteiger partial charge in [0, 0.05) is 0 Å². The molecule has 3 aliphatic rings. The topological polar surface area (TPSA) is 232 Å². The van der Waals surface area contributed by atoms with Crippen molar-refractivity contribution in [3.63, 3.8) is 0 Å². The molecule has 3 aliphatic heterocycles. The molecule has 10 atom stereocenters. The number of aliphatic hydroxyl groups excluding tert-OH is 1. The van der Waals surface area contributed by atoms with Crippen LogP contribution >= 0.6 is 38.8 Å². The number of phosphoric ester groups is 2. The number of alkyl halides is 1. The average molecular weight is 713 g/mol. The molecule has 3 fully saturated rings. The normalized spacial score (nSPS) is 37.7. The molecule has 45 heavy (non-hydrogen) atoms. The van der Waals surface area contributed by atoms with Crippen LogP contribution in [0.5, 0.6) is 0 Å². The van der Waals surface area contributed by atoms with Gasteiger partial charge in [-0.25, -0.2) is 28.5 Å². The van der Waals surface area contributed by atoms with E-state index >= 15 is 4.39 Å². The maximum atomic E-state index is 15.9. The Morgan fingerprint density at radius 3 is 2.31 bits per heavy atom. The van der Waals surface area contributed by atoms with Crippen LogP contribution in [0.3, 0.4) is 0 Å². The quantitative estimate of drug-likeness (QED) is 0.218. The number of aromatic amines is 1. The van der Waals surface area contributed by atoms with E-state index in [1.165, 1.54) is 23.0 Å². The Balaban J connectivity index is 1.20. The van der Waals surface area contributed by atoms with Gasteiger partial charge >= 0.3 is 15.6 Å². The zero-order chi connectivity index (χ0) is 31.8. The number of nitrogens with zero attached hydrogens (tertiary/aromatic N) is 5. The molecular formula is C22H21Cl2FN6O12P2. The largest absolute Gasteiger partial charge is 0.472 e. The lowest BCUT2D eigenvalue weighted by atomic mass is 10.1. The maximum Gasteiger partial charge on any atom is 0.472 e. The van der Waals surface area contributed by atoms with Crippen molar-refractivity contribution in [2.24, 2.45) is 0 Å². The third-order valence-corrected chi connectivity index (χ3v) is 10.1.